The van der Waals surface area contributed by atoms with Crippen LogP contribution in [0, 0.1) is 0 Å². The summed E-state index contributed by atoms with van der Waals surface area (Å²) >= 11 is 0. The fourth-order valence-electron chi connectivity index (χ4n) is 5.81. The molecule has 0 aliphatic heterocycles. The molecule has 13 heteroatoms. The van der Waals surface area contributed by atoms with Gasteiger partial charge in [0.2, 0.25) is 0 Å². The minimum absolute atomic E-state index is 0.0768. The molecule has 0 aromatic rings. The second kappa shape index (κ2) is 38.9. The molecule has 0 bridgehead atoms. The molecule has 0 saturated carbocycles. The molecule has 0 radical (unpaired) electrons. The number of unbranched alkanes of at least 4 members (excludes halogenated alkanes) is 20. The van der Waals surface area contributed by atoms with Crippen LogP contribution in [0.25, 0.3) is 0 Å². The van der Waals surface area contributed by atoms with Crippen molar-refractivity contribution >= 4 is 31.5 Å². The number of esters is 2. The highest BCUT2D eigenvalue weighted by atomic mass is 31.2. The molecule has 57 heavy (non-hydrogen) atoms. The summed E-state index contributed by atoms with van der Waals surface area (Å²) in [4.78, 5) is 58.0. The summed E-state index contributed by atoms with van der Waals surface area (Å²) in [7, 11) is -4.75. The largest absolute Gasteiger partial charge is 0.480 e. The zero-order chi connectivity index (χ0) is 42.2. The first kappa shape index (κ1) is 54.4. The lowest BCUT2D eigenvalue weighted by atomic mass is 10.1. The van der Waals surface area contributed by atoms with Gasteiger partial charge in [-0.3, -0.25) is 28.2 Å². The van der Waals surface area contributed by atoms with Gasteiger partial charge in [0.05, 0.1) is 13.2 Å². The van der Waals surface area contributed by atoms with Crippen LogP contribution in [0.1, 0.15) is 187 Å². The zero-order valence-electron chi connectivity index (χ0n) is 35.4. The van der Waals surface area contributed by atoms with Crippen LogP contribution in [0.2, 0.25) is 0 Å². The smallest absolute Gasteiger partial charge is 0.472 e. The summed E-state index contributed by atoms with van der Waals surface area (Å²) in [5, 5.41) is 8.88. The van der Waals surface area contributed by atoms with Crippen LogP contribution >= 0.6 is 7.82 Å². The number of phosphoric ester groups is 1. The molecule has 0 heterocycles. The van der Waals surface area contributed by atoms with E-state index in [-0.39, 0.29) is 25.2 Å². The van der Waals surface area contributed by atoms with E-state index in [1.54, 1.807) is 12.2 Å². The van der Waals surface area contributed by atoms with Crippen molar-refractivity contribution in [2.24, 2.45) is 5.73 Å². The lowest BCUT2D eigenvalue weighted by Crippen LogP contribution is -2.34. The molecule has 0 rings (SSSR count). The quantitative estimate of drug-likeness (QED) is 0.0132. The number of nitrogens with two attached hydrogens (primary N) is 1. The Kier molecular flexibility index (Phi) is 37.1. The number of aliphatic carboxylic acids is 1. The maximum atomic E-state index is 12.6. The Hall–Kier alpha value is -2.63. The molecular weight excluding hydrogens is 749 g/mol. The first-order valence-electron chi connectivity index (χ1n) is 22.0. The van der Waals surface area contributed by atoms with Crippen molar-refractivity contribution < 1.29 is 52.3 Å². The molecule has 0 aliphatic rings. The summed E-state index contributed by atoms with van der Waals surface area (Å²) < 4.78 is 32.6. The fraction of sp³-hybridized carbons (Fsp3) is 0.773. The van der Waals surface area contributed by atoms with E-state index in [0.717, 1.165) is 64.2 Å². The third kappa shape index (κ3) is 38.6. The van der Waals surface area contributed by atoms with Gasteiger partial charge in [0, 0.05) is 19.3 Å². The molecule has 0 fully saturated rings. The number of hydrogen-bond donors (Lipinski definition) is 3. The van der Waals surface area contributed by atoms with Crippen LogP contribution in [0.3, 0.4) is 0 Å². The Balaban J connectivity index is 4.44. The normalized spacial score (nSPS) is 14.0. The van der Waals surface area contributed by atoms with Gasteiger partial charge in [0.25, 0.3) is 0 Å². The molecule has 0 aliphatic carbocycles. The summed E-state index contributed by atoms with van der Waals surface area (Å²) in [5.74, 6) is -2.40. The van der Waals surface area contributed by atoms with Crippen LogP contribution in [-0.2, 0) is 42.3 Å². The lowest BCUT2D eigenvalue weighted by Gasteiger charge is -2.20. The second-order valence-electron chi connectivity index (χ2n) is 14.9. The summed E-state index contributed by atoms with van der Waals surface area (Å²) in [6.07, 6.45) is 37.4. The van der Waals surface area contributed by atoms with Gasteiger partial charge in [-0.15, -0.1) is 0 Å². The summed E-state index contributed by atoms with van der Waals surface area (Å²) in [6, 6.07) is -1.54. The monoisotopic (exact) mass is 828 g/mol. The predicted octanol–water partition coefficient (Wildman–Crippen LogP) is 10.8. The molecule has 0 saturated heterocycles. The number of carbonyl (C=O) groups is 4. The van der Waals surface area contributed by atoms with Crippen LogP contribution in [0.15, 0.2) is 36.5 Å². The first-order chi connectivity index (χ1) is 27.5. The highest BCUT2D eigenvalue weighted by molar-refractivity contribution is 7.47. The van der Waals surface area contributed by atoms with Gasteiger partial charge >= 0.3 is 25.7 Å². The van der Waals surface area contributed by atoms with Crippen molar-refractivity contribution in [2.75, 3.05) is 19.8 Å². The van der Waals surface area contributed by atoms with Crippen molar-refractivity contribution in [1.82, 2.24) is 0 Å². The molecule has 0 spiro atoms. The van der Waals surface area contributed by atoms with E-state index in [4.69, 9.17) is 24.8 Å². The minimum atomic E-state index is -4.75. The van der Waals surface area contributed by atoms with Gasteiger partial charge in [0.1, 0.15) is 12.6 Å². The molecular formula is C44H78NO11P. The molecule has 3 atom stereocenters. The van der Waals surface area contributed by atoms with E-state index in [9.17, 15) is 28.6 Å². The maximum Gasteiger partial charge on any atom is 0.472 e. The standard InChI is InChI=1S/C44H78NO11P/c1-3-5-7-9-11-12-13-14-15-16-17-18-19-20-22-26-30-34-42(47)53-36-40(37-54-57(51,52)55-38-41(45)44(49)50)56-43(48)35-31-27-23-25-29-33-39(46)32-28-24-21-10-8-6-4-2/h14-15,21,24,28,32,40-41H,3-13,16-20,22-23,25-27,29-31,33-38,45H2,1-2H3,(H,49,50)(H,51,52)/b15-14-,24-21-,32-28+/t40-,41+/m1/s1. The molecule has 330 valence electrons. The van der Waals surface area contributed by atoms with Crippen molar-refractivity contribution in [1.29, 1.82) is 0 Å². The number of carboxylic acid groups (broad SMARTS) is 1. The van der Waals surface area contributed by atoms with Gasteiger partial charge < -0.3 is 25.2 Å². The molecule has 0 aromatic carbocycles. The molecule has 4 N–H and O–H groups in total. The van der Waals surface area contributed by atoms with E-state index < -0.39 is 51.1 Å². The lowest BCUT2D eigenvalue weighted by molar-refractivity contribution is -0.161. The highest BCUT2D eigenvalue weighted by Gasteiger charge is 2.28. The summed E-state index contributed by atoms with van der Waals surface area (Å²) in [6.45, 7) is 2.62. The number of hydrogen-bond acceptors (Lipinski definition) is 10. The van der Waals surface area contributed by atoms with E-state index in [1.807, 2.05) is 6.08 Å². The van der Waals surface area contributed by atoms with Gasteiger partial charge in [-0.2, -0.15) is 0 Å². The van der Waals surface area contributed by atoms with Gasteiger partial charge in [-0.1, -0.05) is 141 Å². The number of phosphoric acid groups is 1. The van der Waals surface area contributed by atoms with E-state index in [0.29, 0.717) is 19.3 Å². The Bertz CT molecular complexity index is 1170. The molecule has 0 amide bonds. The van der Waals surface area contributed by atoms with Crippen LogP contribution in [0.4, 0.5) is 0 Å². The minimum Gasteiger partial charge on any atom is -0.480 e. The third-order valence-electron chi connectivity index (χ3n) is 9.34. The number of ketones is 1. The number of carboxylic acids is 1. The van der Waals surface area contributed by atoms with Crippen LogP contribution in [-0.4, -0.2) is 65.7 Å². The van der Waals surface area contributed by atoms with Gasteiger partial charge in [-0.05, 0) is 63.9 Å². The molecule has 1 unspecified atom stereocenters. The molecule has 0 aromatic heterocycles. The van der Waals surface area contributed by atoms with Gasteiger partial charge in [0.15, 0.2) is 11.9 Å². The second-order valence-corrected chi connectivity index (χ2v) is 16.3. The maximum absolute atomic E-state index is 12.6. The third-order valence-corrected chi connectivity index (χ3v) is 10.3. The van der Waals surface area contributed by atoms with E-state index >= 15 is 0 Å². The topological polar surface area (TPSA) is 189 Å². The zero-order valence-corrected chi connectivity index (χ0v) is 36.3. The van der Waals surface area contributed by atoms with E-state index in [1.165, 1.54) is 77.0 Å². The molecule has 12 nitrogen and oxygen atoms in total. The Labute approximate surface area is 344 Å². The van der Waals surface area contributed by atoms with Crippen molar-refractivity contribution in [2.45, 2.75) is 199 Å². The number of ether oxygens (including phenoxy) is 2. The number of carbonyl (C=O) groups excluding carboxylic acids is 3. The van der Waals surface area contributed by atoms with Crippen molar-refractivity contribution in [3.63, 3.8) is 0 Å². The van der Waals surface area contributed by atoms with Crippen molar-refractivity contribution in [3.8, 4) is 0 Å². The Morgan fingerprint density at radius 1 is 0.579 bits per heavy atom. The fourth-order valence-corrected chi connectivity index (χ4v) is 6.58. The first-order valence-corrected chi connectivity index (χ1v) is 23.5. The Morgan fingerprint density at radius 2 is 1.04 bits per heavy atom. The van der Waals surface area contributed by atoms with Crippen molar-refractivity contribution in [3.05, 3.63) is 36.5 Å². The predicted molar refractivity (Wildman–Crippen MR) is 227 cm³/mol. The SMILES string of the molecule is CCCCC/C=C\C=C\C(=O)CCCCCCCC(=O)O[C@H](COC(=O)CCCCCCCCC/C=C\CCCCCCCC)COP(=O)(O)OC[C@H](N)C(=O)O. The van der Waals surface area contributed by atoms with Crippen LogP contribution in [0.5, 0.6) is 0 Å². The summed E-state index contributed by atoms with van der Waals surface area (Å²) in [5.41, 5.74) is 5.32. The number of rotatable bonds is 41. The highest BCUT2D eigenvalue weighted by Crippen LogP contribution is 2.43. The van der Waals surface area contributed by atoms with Gasteiger partial charge in [-0.25, -0.2) is 4.57 Å². The Morgan fingerprint density at radius 3 is 1.61 bits per heavy atom. The van der Waals surface area contributed by atoms with E-state index in [2.05, 4.69) is 36.6 Å². The van der Waals surface area contributed by atoms with Crippen LogP contribution < -0.4 is 5.73 Å². The number of allylic oxidation sites excluding steroid dienone is 6. The average molecular weight is 828 g/mol. The average Bonchev–Trinajstić information content (AvgIpc) is 3.18.